The summed E-state index contributed by atoms with van der Waals surface area (Å²) in [6.07, 6.45) is 8.16. The third-order valence-corrected chi connectivity index (χ3v) is 6.91. The third kappa shape index (κ3) is 6.45. The van der Waals surface area contributed by atoms with Crippen molar-refractivity contribution in [3.05, 3.63) is 96.0 Å². The van der Waals surface area contributed by atoms with Crippen LogP contribution in [0.1, 0.15) is 18.1 Å². The lowest BCUT2D eigenvalue weighted by Gasteiger charge is -2.07. The fourth-order valence-corrected chi connectivity index (χ4v) is 4.43. The Balaban J connectivity index is 1.34. The molecule has 37 heavy (non-hydrogen) atoms. The maximum atomic E-state index is 12.5. The minimum Gasteiger partial charge on any atom is -0.383 e. The number of aliphatic imine (C=N–C) groups is 1. The van der Waals surface area contributed by atoms with E-state index in [0.717, 1.165) is 27.3 Å². The highest BCUT2D eigenvalue weighted by Crippen LogP contribution is 2.21. The van der Waals surface area contributed by atoms with Gasteiger partial charge in [-0.3, -0.25) is 14.8 Å². The van der Waals surface area contributed by atoms with Crippen LogP contribution >= 0.6 is 0 Å². The Morgan fingerprint density at radius 2 is 1.86 bits per heavy atom. The van der Waals surface area contributed by atoms with Crippen molar-refractivity contribution >= 4 is 49.5 Å². The second-order valence-electron chi connectivity index (χ2n) is 8.78. The molecule has 0 unspecified atom stereocenters. The Labute approximate surface area is 215 Å². The van der Waals surface area contributed by atoms with Gasteiger partial charge in [0, 0.05) is 59.9 Å². The summed E-state index contributed by atoms with van der Waals surface area (Å²) in [7, 11) is -3.30. The number of allylic oxidation sites excluding steroid dienone is 2. The van der Waals surface area contributed by atoms with Crippen molar-refractivity contribution in [1.82, 2.24) is 15.3 Å². The highest BCUT2D eigenvalue weighted by molar-refractivity contribution is 7.90. The molecule has 3 N–H and O–H groups in total. The van der Waals surface area contributed by atoms with E-state index < -0.39 is 9.84 Å². The summed E-state index contributed by atoms with van der Waals surface area (Å²) in [5.74, 6) is 0.275. The number of anilines is 1. The first kappa shape index (κ1) is 25.7. The normalized spacial score (nSPS) is 12.3. The second kappa shape index (κ2) is 10.7. The van der Waals surface area contributed by atoms with Gasteiger partial charge in [-0.25, -0.2) is 13.4 Å². The molecule has 1 amide bonds. The van der Waals surface area contributed by atoms with Crippen molar-refractivity contribution in [2.45, 2.75) is 24.8 Å². The Bertz CT molecular complexity index is 1690. The van der Waals surface area contributed by atoms with Crippen LogP contribution in [-0.2, 0) is 27.6 Å². The van der Waals surface area contributed by atoms with Crippen molar-refractivity contribution < 1.29 is 13.2 Å². The van der Waals surface area contributed by atoms with E-state index in [4.69, 9.17) is 5.73 Å². The van der Waals surface area contributed by atoms with Crippen LogP contribution in [0.25, 0.3) is 21.7 Å². The van der Waals surface area contributed by atoms with Gasteiger partial charge in [0.25, 0.3) is 0 Å². The molecule has 8 nitrogen and oxygen atoms in total. The second-order valence-corrected chi connectivity index (χ2v) is 10.8. The smallest absolute Gasteiger partial charge is 0.247 e. The van der Waals surface area contributed by atoms with Crippen molar-refractivity contribution in [1.29, 1.82) is 0 Å². The quantitative estimate of drug-likeness (QED) is 0.269. The molecule has 0 atom stereocenters. The zero-order chi connectivity index (χ0) is 26.6. The lowest BCUT2D eigenvalue weighted by Crippen LogP contribution is -2.23. The standard InChI is InChI=1S/C28H27N5O3S/c1-18(28(34)33-16-20-4-6-25-22(13-20)9-11-31-27(25)29)8-10-30-19(2)12-21-14-23-15-24(37(3,35)36)5-7-26(23)32-17-21/h4-11,13-15,17H,2,12,16H2,1,3H3,(H2,29,31)(H,33,34)/b18-8+,30-10-. The summed E-state index contributed by atoms with van der Waals surface area (Å²) < 4.78 is 23.7. The van der Waals surface area contributed by atoms with Gasteiger partial charge < -0.3 is 11.1 Å². The summed E-state index contributed by atoms with van der Waals surface area (Å²) in [4.78, 5) is 25.5. The largest absolute Gasteiger partial charge is 0.383 e. The van der Waals surface area contributed by atoms with E-state index in [0.29, 0.717) is 35.6 Å². The molecular weight excluding hydrogens is 486 g/mol. The van der Waals surface area contributed by atoms with Crippen LogP contribution in [-0.4, -0.2) is 36.8 Å². The Morgan fingerprint density at radius 1 is 1.08 bits per heavy atom. The van der Waals surface area contributed by atoms with Gasteiger partial charge >= 0.3 is 0 Å². The molecule has 4 aromatic rings. The molecule has 0 spiro atoms. The van der Waals surface area contributed by atoms with Gasteiger partial charge in [-0.2, -0.15) is 0 Å². The number of nitrogens with two attached hydrogens (primary N) is 1. The zero-order valence-corrected chi connectivity index (χ0v) is 21.4. The number of fused-ring (bicyclic) bond motifs is 2. The molecule has 0 aliphatic carbocycles. The molecule has 2 heterocycles. The van der Waals surface area contributed by atoms with Crippen LogP contribution < -0.4 is 11.1 Å². The highest BCUT2D eigenvalue weighted by atomic mass is 32.2. The van der Waals surface area contributed by atoms with E-state index in [-0.39, 0.29) is 10.8 Å². The molecule has 9 heteroatoms. The Morgan fingerprint density at radius 3 is 2.65 bits per heavy atom. The number of hydrogen-bond acceptors (Lipinski definition) is 7. The highest BCUT2D eigenvalue weighted by Gasteiger charge is 2.09. The molecule has 0 saturated carbocycles. The molecule has 0 aliphatic rings. The number of amides is 1. The van der Waals surface area contributed by atoms with E-state index in [1.54, 1.807) is 49.8 Å². The molecule has 0 bridgehead atoms. The molecule has 4 rings (SSSR count). The number of nitrogen functional groups attached to an aromatic ring is 1. The first-order valence-corrected chi connectivity index (χ1v) is 13.4. The average molecular weight is 514 g/mol. The number of sulfone groups is 1. The summed E-state index contributed by atoms with van der Waals surface area (Å²) in [6.45, 7) is 6.06. The lowest BCUT2D eigenvalue weighted by atomic mass is 10.1. The van der Waals surface area contributed by atoms with E-state index in [9.17, 15) is 13.2 Å². The van der Waals surface area contributed by atoms with Gasteiger partial charge in [0.15, 0.2) is 9.84 Å². The number of hydrogen-bond donors (Lipinski definition) is 2. The first-order valence-electron chi connectivity index (χ1n) is 11.5. The van der Waals surface area contributed by atoms with Gasteiger partial charge in [0.1, 0.15) is 5.82 Å². The van der Waals surface area contributed by atoms with Crippen LogP contribution in [0.4, 0.5) is 5.82 Å². The van der Waals surface area contributed by atoms with Crippen molar-refractivity contribution in [3.8, 4) is 0 Å². The monoisotopic (exact) mass is 513 g/mol. The number of aromatic nitrogens is 2. The number of carbonyl (C=O) groups is 1. The van der Waals surface area contributed by atoms with Crippen LogP contribution in [0.2, 0.25) is 0 Å². The molecular formula is C28H27N5O3S. The van der Waals surface area contributed by atoms with Crippen LogP contribution in [0.5, 0.6) is 0 Å². The fraction of sp³-hybridized carbons (Fsp3) is 0.143. The number of nitrogens with one attached hydrogen (secondary N) is 1. The topological polar surface area (TPSA) is 127 Å². The SMILES string of the molecule is C=C(Cc1cnc2ccc(S(C)(=O)=O)cc2c1)/N=C\C=C(/C)C(=O)NCc1ccc2c(N)nccc2c1. The molecule has 0 aliphatic heterocycles. The van der Waals surface area contributed by atoms with Crippen molar-refractivity contribution in [3.63, 3.8) is 0 Å². The maximum absolute atomic E-state index is 12.5. The summed E-state index contributed by atoms with van der Waals surface area (Å²) >= 11 is 0. The molecule has 2 aromatic heterocycles. The van der Waals surface area contributed by atoms with E-state index in [1.807, 2.05) is 30.3 Å². The van der Waals surface area contributed by atoms with Gasteiger partial charge in [0.2, 0.25) is 5.91 Å². The fourth-order valence-electron chi connectivity index (χ4n) is 3.78. The van der Waals surface area contributed by atoms with E-state index >= 15 is 0 Å². The zero-order valence-electron chi connectivity index (χ0n) is 20.6. The molecule has 0 fully saturated rings. The van der Waals surface area contributed by atoms with Gasteiger partial charge in [0.05, 0.1) is 10.4 Å². The van der Waals surface area contributed by atoms with Crippen LogP contribution in [0, 0.1) is 0 Å². The van der Waals surface area contributed by atoms with Gasteiger partial charge in [-0.1, -0.05) is 18.7 Å². The number of nitrogens with zero attached hydrogens (tertiary/aromatic N) is 3. The summed E-state index contributed by atoms with van der Waals surface area (Å²) in [6, 6.07) is 14.4. The minimum atomic E-state index is -3.30. The predicted molar refractivity (Wildman–Crippen MR) is 148 cm³/mol. The van der Waals surface area contributed by atoms with E-state index in [2.05, 4.69) is 26.9 Å². The number of benzene rings is 2. The van der Waals surface area contributed by atoms with Gasteiger partial charge in [-0.05, 0) is 65.9 Å². The first-order chi connectivity index (χ1) is 17.6. The number of pyridine rings is 2. The van der Waals surface area contributed by atoms with Crippen LogP contribution in [0.3, 0.4) is 0 Å². The van der Waals surface area contributed by atoms with E-state index in [1.165, 1.54) is 6.26 Å². The Hall–Kier alpha value is -4.37. The molecule has 0 saturated heterocycles. The van der Waals surface area contributed by atoms with Crippen molar-refractivity contribution in [2.24, 2.45) is 4.99 Å². The van der Waals surface area contributed by atoms with Crippen LogP contribution in [0.15, 0.2) is 94.7 Å². The summed E-state index contributed by atoms with van der Waals surface area (Å²) in [5, 5.41) is 5.48. The Kier molecular flexibility index (Phi) is 7.45. The summed E-state index contributed by atoms with van der Waals surface area (Å²) in [5.41, 5.74) is 9.49. The van der Waals surface area contributed by atoms with Gasteiger partial charge in [-0.15, -0.1) is 0 Å². The maximum Gasteiger partial charge on any atom is 0.247 e. The molecule has 2 aromatic carbocycles. The number of rotatable bonds is 8. The molecule has 0 radical (unpaired) electrons. The predicted octanol–water partition coefficient (Wildman–Crippen LogP) is 4.16. The van der Waals surface area contributed by atoms with Crippen molar-refractivity contribution in [2.75, 3.05) is 12.0 Å². The minimum absolute atomic E-state index is 0.202. The molecule has 188 valence electrons. The third-order valence-electron chi connectivity index (χ3n) is 5.80. The average Bonchev–Trinajstić information content (AvgIpc) is 2.86. The lowest BCUT2D eigenvalue weighted by molar-refractivity contribution is -0.117. The number of carbonyl (C=O) groups excluding carboxylic acids is 1.